The van der Waals surface area contributed by atoms with Gasteiger partial charge in [-0.1, -0.05) is 30.3 Å². The largest absolute Gasteiger partial charge is 0.275 e. The Hall–Kier alpha value is -2.81. The fourth-order valence-electron chi connectivity index (χ4n) is 2.11. The summed E-state index contributed by atoms with van der Waals surface area (Å²) in [4.78, 5) is 8.58. The first kappa shape index (κ1) is 12.9. The Morgan fingerprint density at radius 1 is 1.14 bits per heavy atom. The average molecular weight is 310 g/mol. The smallest absolute Gasteiger partial charge is 0.215 e. The second kappa shape index (κ2) is 5.19. The summed E-state index contributed by atoms with van der Waals surface area (Å²) in [6.07, 6.45) is 1.49. The Labute approximate surface area is 129 Å². The van der Waals surface area contributed by atoms with Crippen molar-refractivity contribution in [3.63, 3.8) is 0 Å². The van der Waals surface area contributed by atoms with Gasteiger partial charge in [0.05, 0.1) is 11.1 Å². The first-order valence-electron chi connectivity index (χ1n) is 6.47. The average Bonchev–Trinajstić information content (AvgIpc) is 3.16. The number of aromatic amines is 1. The van der Waals surface area contributed by atoms with Crippen LogP contribution in [0.5, 0.6) is 0 Å². The quantitative estimate of drug-likeness (QED) is 0.575. The van der Waals surface area contributed by atoms with Gasteiger partial charge in [-0.25, -0.2) is 14.6 Å². The Morgan fingerprint density at radius 3 is 2.77 bits per heavy atom. The van der Waals surface area contributed by atoms with Gasteiger partial charge < -0.3 is 0 Å². The van der Waals surface area contributed by atoms with Gasteiger partial charge in [-0.15, -0.1) is 5.10 Å². The third-order valence-corrected chi connectivity index (χ3v) is 4.18. The number of fused-ring (bicyclic) bond motifs is 1. The number of H-pyrrole nitrogens is 1. The molecule has 0 saturated carbocycles. The van der Waals surface area contributed by atoms with Gasteiger partial charge in [0.25, 0.3) is 0 Å². The molecule has 8 nitrogen and oxygen atoms in total. The van der Waals surface area contributed by atoms with Gasteiger partial charge in [0.15, 0.2) is 5.65 Å². The minimum Gasteiger partial charge on any atom is -0.275 e. The van der Waals surface area contributed by atoms with Crippen LogP contribution in [0.1, 0.15) is 0 Å². The second-order valence-electron chi connectivity index (χ2n) is 4.53. The number of tetrazole rings is 1. The predicted molar refractivity (Wildman–Crippen MR) is 80.0 cm³/mol. The van der Waals surface area contributed by atoms with E-state index in [-0.39, 0.29) is 0 Å². The monoisotopic (exact) mass is 310 g/mol. The summed E-state index contributed by atoms with van der Waals surface area (Å²) >= 11 is 1.38. The molecule has 0 aliphatic carbocycles. The number of nitrogens with one attached hydrogen (secondary N) is 1. The number of rotatable bonds is 3. The van der Waals surface area contributed by atoms with Crippen LogP contribution in [0.3, 0.4) is 0 Å². The van der Waals surface area contributed by atoms with E-state index < -0.39 is 0 Å². The zero-order valence-corrected chi connectivity index (χ0v) is 12.3. The van der Waals surface area contributed by atoms with Crippen LogP contribution in [0.2, 0.25) is 0 Å². The number of aryl methyl sites for hydroxylation is 1. The maximum absolute atomic E-state index is 4.36. The van der Waals surface area contributed by atoms with Gasteiger partial charge in [-0.2, -0.15) is 5.10 Å². The van der Waals surface area contributed by atoms with Gasteiger partial charge >= 0.3 is 0 Å². The summed E-state index contributed by atoms with van der Waals surface area (Å²) in [5.41, 5.74) is 2.53. The fourth-order valence-corrected chi connectivity index (χ4v) is 2.93. The minimum absolute atomic E-state index is 0.617. The van der Waals surface area contributed by atoms with E-state index in [1.807, 2.05) is 30.3 Å². The molecule has 0 aliphatic heterocycles. The number of hydrogen-bond acceptors (Lipinski definition) is 7. The van der Waals surface area contributed by atoms with E-state index >= 15 is 0 Å². The molecule has 0 aliphatic rings. The third-order valence-electron chi connectivity index (χ3n) is 3.15. The molecule has 0 unspecified atom stereocenters. The lowest BCUT2D eigenvalue weighted by atomic mass is 10.1. The van der Waals surface area contributed by atoms with E-state index in [0.717, 1.165) is 21.7 Å². The zero-order valence-electron chi connectivity index (χ0n) is 11.5. The molecule has 3 heterocycles. The first-order valence-corrected chi connectivity index (χ1v) is 7.29. The molecule has 9 heteroatoms. The Bertz CT molecular complexity index is 930. The molecule has 0 atom stereocenters. The van der Waals surface area contributed by atoms with E-state index in [1.54, 1.807) is 11.7 Å². The molecule has 4 aromatic rings. The number of hydrogen-bond donors (Lipinski definition) is 1. The summed E-state index contributed by atoms with van der Waals surface area (Å²) in [6.45, 7) is 0. The maximum Gasteiger partial charge on any atom is 0.215 e. The van der Waals surface area contributed by atoms with Crippen molar-refractivity contribution in [2.45, 2.75) is 10.2 Å². The SMILES string of the molecule is Cn1nnnc1Sc1ncnc2n[nH]c(-c3ccccc3)c12. The molecule has 108 valence electrons. The van der Waals surface area contributed by atoms with Crippen LogP contribution in [0.4, 0.5) is 0 Å². The van der Waals surface area contributed by atoms with Crippen molar-refractivity contribution in [1.29, 1.82) is 0 Å². The second-order valence-corrected chi connectivity index (χ2v) is 5.49. The lowest BCUT2D eigenvalue weighted by Gasteiger charge is -2.02. The third kappa shape index (κ3) is 2.11. The van der Waals surface area contributed by atoms with Crippen molar-refractivity contribution < 1.29 is 0 Å². The van der Waals surface area contributed by atoms with E-state index in [9.17, 15) is 0 Å². The van der Waals surface area contributed by atoms with Crippen molar-refractivity contribution in [3.8, 4) is 11.3 Å². The van der Waals surface area contributed by atoms with Gasteiger partial charge in [0, 0.05) is 12.6 Å². The van der Waals surface area contributed by atoms with Crippen molar-refractivity contribution >= 4 is 22.8 Å². The molecule has 22 heavy (non-hydrogen) atoms. The Balaban J connectivity index is 1.89. The van der Waals surface area contributed by atoms with Crippen molar-refractivity contribution in [2.24, 2.45) is 7.05 Å². The van der Waals surface area contributed by atoms with E-state index in [1.165, 1.54) is 18.1 Å². The number of nitrogens with zero attached hydrogens (tertiary/aromatic N) is 7. The highest BCUT2D eigenvalue weighted by molar-refractivity contribution is 7.99. The zero-order chi connectivity index (χ0) is 14.9. The van der Waals surface area contributed by atoms with Crippen LogP contribution >= 0.6 is 11.8 Å². The molecule has 0 spiro atoms. The number of aromatic nitrogens is 8. The van der Waals surface area contributed by atoms with Crippen molar-refractivity contribution in [2.75, 3.05) is 0 Å². The van der Waals surface area contributed by atoms with Crippen LogP contribution in [0, 0.1) is 0 Å². The van der Waals surface area contributed by atoms with Crippen molar-refractivity contribution in [1.82, 2.24) is 40.4 Å². The fraction of sp³-hybridized carbons (Fsp3) is 0.0769. The molecule has 4 rings (SSSR count). The summed E-state index contributed by atoms with van der Waals surface area (Å²) < 4.78 is 1.60. The highest BCUT2D eigenvalue weighted by atomic mass is 32.2. The van der Waals surface area contributed by atoms with Crippen LogP contribution in [0.15, 0.2) is 46.8 Å². The lowest BCUT2D eigenvalue weighted by molar-refractivity contribution is 0.664. The Morgan fingerprint density at radius 2 is 2.00 bits per heavy atom. The number of benzene rings is 1. The van der Waals surface area contributed by atoms with Gasteiger partial charge in [-0.05, 0) is 22.2 Å². The Kier molecular flexibility index (Phi) is 3.04. The van der Waals surface area contributed by atoms with Gasteiger partial charge in [0.1, 0.15) is 11.4 Å². The van der Waals surface area contributed by atoms with Gasteiger partial charge in [0.2, 0.25) is 5.16 Å². The maximum atomic E-state index is 4.36. The molecule has 3 aromatic heterocycles. The highest BCUT2D eigenvalue weighted by Crippen LogP contribution is 2.34. The predicted octanol–water partition coefficient (Wildman–Crippen LogP) is 1.69. The van der Waals surface area contributed by atoms with E-state index in [2.05, 4.69) is 35.7 Å². The molecule has 1 N–H and O–H groups in total. The molecule has 0 amide bonds. The summed E-state index contributed by atoms with van der Waals surface area (Å²) in [5, 5.41) is 21.0. The van der Waals surface area contributed by atoms with E-state index in [4.69, 9.17) is 0 Å². The molecular weight excluding hydrogens is 300 g/mol. The molecule has 0 bridgehead atoms. The molecule has 0 radical (unpaired) electrons. The van der Waals surface area contributed by atoms with E-state index in [0.29, 0.717) is 10.8 Å². The first-order chi connectivity index (χ1) is 10.8. The molecule has 0 saturated heterocycles. The van der Waals surface area contributed by atoms with Crippen LogP contribution in [-0.4, -0.2) is 40.4 Å². The van der Waals surface area contributed by atoms with Crippen molar-refractivity contribution in [3.05, 3.63) is 36.7 Å². The lowest BCUT2D eigenvalue weighted by Crippen LogP contribution is -1.94. The summed E-state index contributed by atoms with van der Waals surface area (Å²) in [5.74, 6) is 0. The van der Waals surface area contributed by atoms with Crippen LogP contribution < -0.4 is 0 Å². The topological polar surface area (TPSA) is 98.1 Å². The highest BCUT2D eigenvalue weighted by Gasteiger charge is 2.16. The molecule has 0 fully saturated rings. The van der Waals surface area contributed by atoms with Crippen LogP contribution in [-0.2, 0) is 7.05 Å². The summed E-state index contributed by atoms with van der Waals surface area (Å²) in [7, 11) is 1.79. The standard InChI is InChI=1S/C13H10N8S/c1-21-13(18-19-20-21)22-12-9-10(8-5-3-2-4-6-8)16-17-11(9)14-7-15-12/h2-7H,1H3,(H,14,15,16,17). The summed E-state index contributed by atoms with van der Waals surface area (Å²) in [6, 6.07) is 9.95. The minimum atomic E-state index is 0.617. The molecular formula is C13H10N8S. The van der Waals surface area contributed by atoms with Gasteiger partial charge in [-0.3, -0.25) is 5.10 Å². The van der Waals surface area contributed by atoms with Crippen LogP contribution in [0.25, 0.3) is 22.3 Å². The molecule has 1 aromatic carbocycles. The normalized spacial score (nSPS) is 11.1.